The summed E-state index contributed by atoms with van der Waals surface area (Å²) in [7, 11) is 5.38. The molecule has 5 heteroatoms. The smallest absolute Gasteiger partial charge is 0.166 e. The van der Waals surface area contributed by atoms with Crippen molar-refractivity contribution in [2.75, 3.05) is 34.4 Å². The number of fused-ring (bicyclic) bond motifs is 1. The molecule has 0 bridgehead atoms. The van der Waals surface area contributed by atoms with Crippen LogP contribution < -0.4 is 14.2 Å². The van der Waals surface area contributed by atoms with Gasteiger partial charge >= 0.3 is 0 Å². The Bertz CT molecular complexity index is 1110. The van der Waals surface area contributed by atoms with Crippen molar-refractivity contribution < 1.29 is 19.0 Å². The molecule has 0 heterocycles. The molecule has 1 atom stereocenters. The molecule has 0 N–H and O–H groups in total. The third-order valence-corrected chi connectivity index (χ3v) is 6.76. The van der Waals surface area contributed by atoms with Crippen LogP contribution in [0.4, 0.5) is 0 Å². The number of likely N-dealkylation sites (N-methyl/N-ethyl adjacent to an activating group) is 1. The van der Waals surface area contributed by atoms with Crippen LogP contribution in [0.5, 0.6) is 17.2 Å². The van der Waals surface area contributed by atoms with E-state index in [9.17, 15) is 4.79 Å². The van der Waals surface area contributed by atoms with E-state index in [4.69, 9.17) is 14.2 Å². The van der Waals surface area contributed by atoms with Crippen LogP contribution in [0, 0.1) is 5.92 Å². The normalized spacial score (nSPS) is 14.7. The number of benzene rings is 3. The molecule has 1 aliphatic rings. The van der Waals surface area contributed by atoms with Crippen LogP contribution in [0.25, 0.3) is 0 Å². The average Bonchev–Trinajstić information content (AvgIpc) is 3.20. The predicted octanol–water partition coefficient (Wildman–Crippen LogP) is 5.59. The number of ether oxygens (including phenoxy) is 3. The topological polar surface area (TPSA) is 48.0 Å². The van der Waals surface area contributed by atoms with Crippen molar-refractivity contribution in [1.29, 1.82) is 0 Å². The quantitative estimate of drug-likeness (QED) is 0.343. The second kappa shape index (κ2) is 11.9. The Morgan fingerprint density at radius 2 is 1.60 bits per heavy atom. The maximum absolute atomic E-state index is 12.9. The Morgan fingerprint density at radius 1 is 0.886 bits per heavy atom. The molecule has 0 spiro atoms. The number of methoxy groups -OCH3 is 2. The van der Waals surface area contributed by atoms with E-state index < -0.39 is 0 Å². The number of hydrogen-bond donors (Lipinski definition) is 0. The molecule has 1 aliphatic carbocycles. The monoisotopic (exact) mass is 473 g/mol. The highest BCUT2D eigenvalue weighted by molar-refractivity contribution is 6.02. The van der Waals surface area contributed by atoms with Gasteiger partial charge in [-0.2, -0.15) is 0 Å². The van der Waals surface area contributed by atoms with Crippen molar-refractivity contribution in [3.8, 4) is 17.2 Å². The number of ketones is 1. The van der Waals surface area contributed by atoms with E-state index in [0.717, 1.165) is 55.6 Å². The maximum atomic E-state index is 12.9. The lowest BCUT2D eigenvalue weighted by Gasteiger charge is -2.17. The molecule has 3 aromatic rings. The summed E-state index contributed by atoms with van der Waals surface area (Å²) in [6.45, 7) is 2.54. The predicted molar refractivity (Wildman–Crippen MR) is 139 cm³/mol. The van der Waals surface area contributed by atoms with E-state index in [1.807, 2.05) is 42.5 Å². The van der Waals surface area contributed by atoms with Gasteiger partial charge in [-0.1, -0.05) is 42.5 Å². The number of carbonyl (C=O) groups is 1. The third kappa shape index (κ3) is 6.43. The van der Waals surface area contributed by atoms with Gasteiger partial charge in [0.1, 0.15) is 12.4 Å². The van der Waals surface area contributed by atoms with Crippen LogP contribution >= 0.6 is 0 Å². The zero-order valence-electron chi connectivity index (χ0n) is 21.0. The van der Waals surface area contributed by atoms with Crippen molar-refractivity contribution in [3.63, 3.8) is 0 Å². The van der Waals surface area contributed by atoms with Crippen LogP contribution in [0.3, 0.4) is 0 Å². The fourth-order valence-corrected chi connectivity index (χ4v) is 4.66. The van der Waals surface area contributed by atoms with E-state index in [1.54, 1.807) is 14.2 Å². The van der Waals surface area contributed by atoms with Gasteiger partial charge in [0.15, 0.2) is 17.3 Å². The van der Waals surface area contributed by atoms with Gasteiger partial charge in [0.2, 0.25) is 0 Å². The summed E-state index contributed by atoms with van der Waals surface area (Å²) in [5, 5.41) is 0. The molecule has 35 heavy (non-hydrogen) atoms. The second-order valence-corrected chi connectivity index (χ2v) is 9.24. The Kier molecular flexibility index (Phi) is 8.43. The molecule has 5 nitrogen and oxygen atoms in total. The first-order valence-corrected chi connectivity index (χ1v) is 12.3. The fraction of sp³-hybridized carbons (Fsp3) is 0.367. The van der Waals surface area contributed by atoms with Gasteiger partial charge in [-0.3, -0.25) is 4.79 Å². The van der Waals surface area contributed by atoms with Gasteiger partial charge in [-0.05, 0) is 80.2 Å². The standard InChI is InChI=1S/C30H35NO4/c1-31(17-15-22-11-13-26(14-12-22)35-21-23-8-5-4-6-9-23)16-7-10-24-18-25-19-28(33-2)29(34-3)20-27(25)30(24)32/h4-6,8-9,11-14,19-20,24H,7,10,15-18,21H2,1-3H3. The molecule has 0 radical (unpaired) electrons. The minimum atomic E-state index is 0.0543. The molecule has 0 fully saturated rings. The Balaban J connectivity index is 1.18. The minimum absolute atomic E-state index is 0.0543. The highest BCUT2D eigenvalue weighted by Crippen LogP contribution is 2.37. The highest BCUT2D eigenvalue weighted by Gasteiger charge is 2.31. The number of hydrogen-bond acceptors (Lipinski definition) is 5. The van der Waals surface area contributed by atoms with Crippen molar-refractivity contribution in [2.45, 2.75) is 32.3 Å². The summed E-state index contributed by atoms with van der Waals surface area (Å²) in [5.41, 5.74) is 4.33. The second-order valence-electron chi connectivity index (χ2n) is 9.24. The van der Waals surface area contributed by atoms with E-state index in [-0.39, 0.29) is 11.7 Å². The molecular formula is C30H35NO4. The van der Waals surface area contributed by atoms with Crippen molar-refractivity contribution >= 4 is 5.78 Å². The van der Waals surface area contributed by atoms with Gasteiger partial charge in [0, 0.05) is 18.0 Å². The summed E-state index contributed by atoms with van der Waals surface area (Å²) < 4.78 is 16.6. The Labute approximate surface area is 208 Å². The van der Waals surface area contributed by atoms with Gasteiger partial charge in [-0.15, -0.1) is 0 Å². The number of nitrogens with zero attached hydrogens (tertiary/aromatic N) is 1. The van der Waals surface area contributed by atoms with Gasteiger partial charge in [0.05, 0.1) is 14.2 Å². The van der Waals surface area contributed by atoms with Crippen LogP contribution in [0.1, 0.15) is 39.9 Å². The molecule has 184 valence electrons. The molecular weight excluding hydrogens is 438 g/mol. The molecule has 0 aromatic heterocycles. The van der Waals surface area contributed by atoms with Crippen LogP contribution in [0.2, 0.25) is 0 Å². The molecule has 0 saturated carbocycles. The van der Waals surface area contributed by atoms with Gasteiger partial charge < -0.3 is 19.1 Å². The summed E-state index contributed by atoms with van der Waals surface area (Å²) in [5.74, 6) is 2.49. The zero-order chi connectivity index (χ0) is 24.6. The molecule has 3 aromatic carbocycles. The SMILES string of the molecule is COc1cc2c(cc1OC)C(=O)C(CCCN(C)CCc1ccc(OCc3ccccc3)cc1)C2. The Hall–Kier alpha value is -3.31. The summed E-state index contributed by atoms with van der Waals surface area (Å²) in [6.07, 6.45) is 3.68. The molecule has 4 rings (SSSR count). The fourth-order valence-electron chi connectivity index (χ4n) is 4.66. The Morgan fingerprint density at radius 3 is 2.31 bits per heavy atom. The first-order chi connectivity index (χ1) is 17.1. The van der Waals surface area contributed by atoms with E-state index >= 15 is 0 Å². The molecule has 0 amide bonds. The first-order valence-electron chi connectivity index (χ1n) is 12.3. The van der Waals surface area contributed by atoms with E-state index in [0.29, 0.717) is 18.1 Å². The minimum Gasteiger partial charge on any atom is -0.493 e. The zero-order valence-corrected chi connectivity index (χ0v) is 21.0. The largest absolute Gasteiger partial charge is 0.493 e. The van der Waals surface area contributed by atoms with Crippen LogP contribution in [-0.4, -0.2) is 45.0 Å². The van der Waals surface area contributed by atoms with Crippen LogP contribution in [0.15, 0.2) is 66.7 Å². The highest BCUT2D eigenvalue weighted by atomic mass is 16.5. The maximum Gasteiger partial charge on any atom is 0.166 e. The van der Waals surface area contributed by atoms with Crippen molar-refractivity contribution in [1.82, 2.24) is 4.90 Å². The van der Waals surface area contributed by atoms with Crippen molar-refractivity contribution in [2.24, 2.45) is 5.92 Å². The summed E-state index contributed by atoms with van der Waals surface area (Å²) >= 11 is 0. The molecule has 0 saturated heterocycles. The van der Waals surface area contributed by atoms with Gasteiger partial charge in [-0.25, -0.2) is 0 Å². The lowest BCUT2D eigenvalue weighted by atomic mass is 9.99. The molecule has 0 aliphatic heterocycles. The lowest BCUT2D eigenvalue weighted by Crippen LogP contribution is -2.23. The third-order valence-electron chi connectivity index (χ3n) is 6.76. The van der Waals surface area contributed by atoms with Crippen molar-refractivity contribution in [3.05, 3.63) is 89.0 Å². The summed E-state index contributed by atoms with van der Waals surface area (Å²) in [6, 6.07) is 22.4. The molecule has 1 unspecified atom stereocenters. The van der Waals surface area contributed by atoms with Gasteiger partial charge in [0.25, 0.3) is 0 Å². The number of carbonyl (C=O) groups excluding carboxylic acids is 1. The lowest BCUT2D eigenvalue weighted by molar-refractivity contribution is 0.0927. The number of rotatable bonds is 12. The van der Waals surface area contributed by atoms with E-state index in [2.05, 4.69) is 36.2 Å². The van der Waals surface area contributed by atoms with E-state index in [1.165, 1.54) is 11.1 Å². The number of Topliss-reactive ketones (excluding diaryl/α,β-unsaturated/α-hetero) is 1. The average molecular weight is 474 g/mol. The summed E-state index contributed by atoms with van der Waals surface area (Å²) in [4.78, 5) is 15.2. The first kappa shape index (κ1) is 24.8. The van der Waals surface area contributed by atoms with Crippen LogP contribution in [-0.2, 0) is 19.4 Å².